The predicted molar refractivity (Wildman–Crippen MR) is 93.9 cm³/mol. The number of amides is 1. The van der Waals surface area contributed by atoms with Gasteiger partial charge in [-0.1, -0.05) is 46.3 Å². The molecule has 136 valence electrons. The molecule has 7 nitrogen and oxygen atoms in total. The standard InChI is InChI=1S/C17H21BrN2O5/c18-12-8-9-20(16(23)13(19)6-7-14(21)22)15(12)17(24)25-10-11-4-2-1-3-5-11/h1-5,12-13,15H,6-10,19H2,(H,21,22)/t12?,13-,15-/m0/s1. The number of hydrogen-bond acceptors (Lipinski definition) is 5. The number of likely N-dealkylation sites (tertiary alicyclic amines) is 1. The van der Waals surface area contributed by atoms with Gasteiger partial charge in [-0.05, 0) is 18.4 Å². The number of hydrogen-bond donors (Lipinski definition) is 2. The molecule has 1 heterocycles. The van der Waals surface area contributed by atoms with E-state index in [9.17, 15) is 14.4 Å². The number of benzene rings is 1. The topological polar surface area (TPSA) is 110 Å². The van der Waals surface area contributed by atoms with E-state index in [0.29, 0.717) is 13.0 Å². The molecule has 1 amide bonds. The Hall–Kier alpha value is -1.93. The molecule has 0 saturated carbocycles. The summed E-state index contributed by atoms with van der Waals surface area (Å²) in [6, 6.07) is 7.56. The number of rotatable bonds is 7. The first-order valence-corrected chi connectivity index (χ1v) is 8.94. The molecule has 2 rings (SSSR count). The molecule has 0 radical (unpaired) electrons. The first-order chi connectivity index (χ1) is 11.9. The predicted octanol–water partition coefficient (Wildman–Crippen LogP) is 1.29. The van der Waals surface area contributed by atoms with Crippen molar-refractivity contribution in [2.45, 2.75) is 42.8 Å². The minimum Gasteiger partial charge on any atom is -0.481 e. The molecule has 1 fully saturated rings. The van der Waals surface area contributed by atoms with Crippen molar-refractivity contribution in [2.24, 2.45) is 5.73 Å². The Morgan fingerprint density at radius 3 is 2.64 bits per heavy atom. The molecule has 3 atom stereocenters. The minimum absolute atomic E-state index is 0.0312. The van der Waals surface area contributed by atoms with Crippen LogP contribution in [0.4, 0.5) is 0 Å². The summed E-state index contributed by atoms with van der Waals surface area (Å²) in [5, 5.41) is 8.71. The zero-order valence-electron chi connectivity index (χ0n) is 13.6. The maximum atomic E-state index is 12.5. The molecule has 25 heavy (non-hydrogen) atoms. The van der Waals surface area contributed by atoms with Crippen molar-refractivity contribution in [3.63, 3.8) is 0 Å². The summed E-state index contributed by atoms with van der Waals surface area (Å²) in [5.41, 5.74) is 6.65. The van der Waals surface area contributed by atoms with E-state index >= 15 is 0 Å². The molecule has 1 aromatic rings. The van der Waals surface area contributed by atoms with Crippen LogP contribution in [0, 0.1) is 0 Å². The fraction of sp³-hybridized carbons (Fsp3) is 0.471. The number of carbonyl (C=O) groups is 3. The Morgan fingerprint density at radius 2 is 2.00 bits per heavy atom. The van der Waals surface area contributed by atoms with Gasteiger partial charge in [0.1, 0.15) is 12.6 Å². The van der Waals surface area contributed by atoms with Gasteiger partial charge in [0.2, 0.25) is 5.91 Å². The number of ether oxygens (including phenoxy) is 1. The zero-order chi connectivity index (χ0) is 18.4. The summed E-state index contributed by atoms with van der Waals surface area (Å²) in [4.78, 5) is 36.7. The molecule has 1 saturated heterocycles. The summed E-state index contributed by atoms with van der Waals surface area (Å²) in [6.07, 6.45) is 0.438. The van der Waals surface area contributed by atoms with Crippen molar-refractivity contribution in [3.8, 4) is 0 Å². The van der Waals surface area contributed by atoms with Crippen molar-refractivity contribution >= 4 is 33.8 Å². The molecule has 1 aromatic carbocycles. The molecule has 0 bridgehead atoms. The van der Waals surface area contributed by atoms with E-state index in [2.05, 4.69) is 15.9 Å². The number of carboxylic acids is 1. The molecular formula is C17H21BrN2O5. The van der Waals surface area contributed by atoms with Gasteiger partial charge in [0.15, 0.2) is 0 Å². The minimum atomic E-state index is -1.01. The van der Waals surface area contributed by atoms with Crippen LogP contribution < -0.4 is 5.73 Å². The van der Waals surface area contributed by atoms with Gasteiger partial charge in [0, 0.05) is 17.8 Å². The van der Waals surface area contributed by atoms with Gasteiger partial charge in [-0.3, -0.25) is 9.59 Å². The third-order valence-corrected chi connectivity index (χ3v) is 5.02. The number of esters is 1. The van der Waals surface area contributed by atoms with Crippen LogP contribution in [0.15, 0.2) is 30.3 Å². The second kappa shape index (κ2) is 8.96. The SMILES string of the molecule is N[C@@H](CCC(=O)O)C(=O)N1CCC(Br)[C@H]1C(=O)OCc1ccccc1. The number of aliphatic carboxylic acids is 1. The number of nitrogens with two attached hydrogens (primary N) is 1. The van der Waals surface area contributed by atoms with Crippen LogP contribution in [0.3, 0.4) is 0 Å². The van der Waals surface area contributed by atoms with Gasteiger partial charge in [0.25, 0.3) is 0 Å². The van der Waals surface area contributed by atoms with E-state index in [1.165, 1.54) is 4.90 Å². The van der Waals surface area contributed by atoms with Crippen molar-refractivity contribution in [1.82, 2.24) is 4.90 Å². The molecule has 1 aliphatic heterocycles. The van der Waals surface area contributed by atoms with Crippen LogP contribution in [0.5, 0.6) is 0 Å². The molecular weight excluding hydrogens is 392 g/mol. The maximum Gasteiger partial charge on any atom is 0.330 e. The third kappa shape index (κ3) is 5.27. The lowest BCUT2D eigenvalue weighted by atomic mass is 10.1. The van der Waals surface area contributed by atoms with E-state index in [-0.39, 0.29) is 24.3 Å². The molecule has 0 aliphatic carbocycles. The zero-order valence-corrected chi connectivity index (χ0v) is 15.2. The summed E-state index contributed by atoms with van der Waals surface area (Å²) in [5.74, 6) is -1.94. The Kier molecular flexibility index (Phi) is 6.95. The Labute approximate surface area is 154 Å². The average molecular weight is 413 g/mol. The van der Waals surface area contributed by atoms with Gasteiger partial charge in [0.05, 0.1) is 6.04 Å². The molecule has 0 spiro atoms. The van der Waals surface area contributed by atoms with E-state index in [1.807, 2.05) is 30.3 Å². The summed E-state index contributed by atoms with van der Waals surface area (Å²) in [7, 11) is 0. The lowest BCUT2D eigenvalue weighted by Gasteiger charge is -2.27. The first kappa shape index (κ1) is 19.4. The highest BCUT2D eigenvalue weighted by molar-refractivity contribution is 9.09. The number of carbonyl (C=O) groups excluding carboxylic acids is 2. The number of nitrogens with zero attached hydrogens (tertiary/aromatic N) is 1. The lowest BCUT2D eigenvalue weighted by Crippen LogP contribution is -2.50. The lowest BCUT2D eigenvalue weighted by molar-refractivity contribution is -0.154. The smallest absolute Gasteiger partial charge is 0.330 e. The van der Waals surface area contributed by atoms with Crippen LogP contribution in [0.1, 0.15) is 24.8 Å². The monoisotopic (exact) mass is 412 g/mol. The first-order valence-electron chi connectivity index (χ1n) is 8.02. The molecule has 1 unspecified atom stereocenters. The fourth-order valence-electron chi connectivity index (χ4n) is 2.71. The number of halogens is 1. The average Bonchev–Trinajstić information content (AvgIpc) is 2.99. The quantitative estimate of drug-likeness (QED) is 0.515. The molecule has 1 aliphatic rings. The van der Waals surface area contributed by atoms with Crippen molar-refractivity contribution in [3.05, 3.63) is 35.9 Å². The third-order valence-electron chi connectivity index (χ3n) is 4.06. The van der Waals surface area contributed by atoms with Gasteiger partial charge >= 0.3 is 11.9 Å². The Balaban J connectivity index is 1.97. The van der Waals surface area contributed by atoms with Gasteiger partial charge in [-0.25, -0.2) is 4.79 Å². The van der Waals surface area contributed by atoms with Crippen LogP contribution >= 0.6 is 15.9 Å². The van der Waals surface area contributed by atoms with Crippen molar-refractivity contribution in [1.29, 1.82) is 0 Å². The van der Waals surface area contributed by atoms with E-state index < -0.39 is 29.9 Å². The van der Waals surface area contributed by atoms with E-state index in [0.717, 1.165) is 5.56 Å². The largest absolute Gasteiger partial charge is 0.481 e. The van der Waals surface area contributed by atoms with Crippen LogP contribution in [-0.2, 0) is 25.7 Å². The van der Waals surface area contributed by atoms with Crippen molar-refractivity contribution in [2.75, 3.05) is 6.54 Å². The molecule has 3 N–H and O–H groups in total. The summed E-state index contributed by atoms with van der Waals surface area (Å²) >= 11 is 3.42. The summed E-state index contributed by atoms with van der Waals surface area (Å²) < 4.78 is 5.34. The number of carboxylic acid groups (broad SMARTS) is 1. The Bertz CT molecular complexity index is 625. The molecule has 0 aromatic heterocycles. The molecule has 8 heteroatoms. The fourth-order valence-corrected chi connectivity index (χ4v) is 3.41. The van der Waals surface area contributed by atoms with E-state index in [4.69, 9.17) is 15.6 Å². The summed E-state index contributed by atoms with van der Waals surface area (Å²) in [6.45, 7) is 0.504. The van der Waals surface area contributed by atoms with Gasteiger partial charge in [-0.15, -0.1) is 0 Å². The maximum absolute atomic E-state index is 12.5. The second-order valence-corrected chi connectivity index (χ2v) is 7.09. The van der Waals surface area contributed by atoms with Crippen LogP contribution in [0.2, 0.25) is 0 Å². The van der Waals surface area contributed by atoms with Crippen molar-refractivity contribution < 1.29 is 24.2 Å². The van der Waals surface area contributed by atoms with E-state index in [1.54, 1.807) is 0 Å². The normalized spacial score (nSPS) is 21.0. The number of alkyl halides is 1. The van der Waals surface area contributed by atoms with Crippen LogP contribution in [-0.4, -0.2) is 51.3 Å². The Morgan fingerprint density at radius 1 is 1.32 bits per heavy atom. The van der Waals surface area contributed by atoms with Crippen LogP contribution in [0.25, 0.3) is 0 Å². The highest BCUT2D eigenvalue weighted by atomic mass is 79.9. The van der Waals surface area contributed by atoms with Gasteiger partial charge < -0.3 is 20.5 Å². The van der Waals surface area contributed by atoms with Gasteiger partial charge in [-0.2, -0.15) is 0 Å². The second-order valence-electron chi connectivity index (χ2n) is 5.91. The highest BCUT2D eigenvalue weighted by Crippen LogP contribution is 2.27. The highest BCUT2D eigenvalue weighted by Gasteiger charge is 2.42.